The topological polar surface area (TPSA) is 77.0 Å². The number of nitrogens with zero attached hydrogens (tertiary/aromatic N) is 5. The van der Waals surface area contributed by atoms with Crippen molar-refractivity contribution in [3.05, 3.63) is 28.7 Å². The maximum Gasteiger partial charge on any atom is 0.257 e. The van der Waals surface area contributed by atoms with Crippen LogP contribution < -0.4 is 0 Å². The van der Waals surface area contributed by atoms with Crippen molar-refractivity contribution < 1.29 is 9.32 Å². The molecule has 1 saturated heterocycles. The molecule has 3 heterocycles. The normalized spacial score (nSPS) is 15.8. The van der Waals surface area contributed by atoms with E-state index in [1.54, 1.807) is 6.92 Å². The molecule has 3 rings (SSSR count). The van der Waals surface area contributed by atoms with Crippen LogP contribution in [0.4, 0.5) is 0 Å². The Morgan fingerprint density at radius 3 is 2.35 bits per heavy atom. The van der Waals surface area contributed by atoms with E-state index in [-0.39, 0.29) is 17.4 Å². The van der Waals surface area contributed by atoms with Gasteiger partial charge in [-0.3, -0.25) is 9.48 Å². The molecule has 0 atom stereocenters. The van der Waals surface area contributed by atoms with Crippen molar-refractivity contribution in [3.8, 4) is 0 Å². The van der Waals surface area contributed by atoms with E-state index in [9.17, 15) is 4.79 Å². The van der Waals surface area contributed by atoms with Gasteiger partial charge in [0.1, 0.15) is 0 Å². The summed E-state index contributed by atoms with van der Waals surface area (Å²) in [6.45, 7) is 13.1. The lowest BCUT2D eigenvalue weighted by Gasteiger charge is -2.37. The Balaban J connectivity index is 1.77. The maximum absolute atomic E-state index is 12.8. The third-order valence-corrected chi connectivity index (χ3v) is 4.20. The Morgan fingerprint density at radius 1 is 1.22 bits per heavy atom. The molecule has 0 bridgehead atoms. The molecule has 0 N–H and O–H groups in total. The van der Waals surface area contributed by atoms with Crippen LogP contribution in [0, 0.1) is 20.8 Å². The lowest BCUT2D eigenvalue weighted by molar-refractivity contribution is 0.0567. The van der Waals surface area contributed by atoms with Gasteiger partial charge in [-0.2, -0.15) is 10.1 Å². The fourth-order valence-electron chi connectivity index (χ4n) is 3.04. The van der Waals surface area contributed by atoms with Crippen molar-refractivity contribution in [1.29, 1.82) is 0 Å². The highest BCUT2D eigenvalue weighted by Crippen LogP contribution is 2.29. The summed E-state index contributed by atoms with van der Waals surface area (Å²) in [4.78, 5) is 18.8. The fraction of sp³-hybridized carbons (Fsp3) is 0.625. The number of hydrogen-bond donors (Lipinski definition) is 0. The first-order valence-electron chi connectivity index (χ1n) is 7.84. The van der Waals surface area contributed by atoms with Crippen molar-refractivity contribution in [3.63, 3.8) is 0 Å². The third kappa shape index (κ3) is 2.64. The molecule has 0 radical (unpaired) electrons. The summed E-state index contributed by atoms with van der Waals surface area (Å²) in [6.07, 6.45) is 0. The molecule has 23 heavy (non-hydrogen) atoms. The third-order valence-electron chi connectivity index (χ3n) is 4.20. The van der Waals surface area contributed by atoms with Crippen LogP contribution in [0.5, 0.6) is 0 Å². The zero-order valence-electron chi connectivity index (χ0n) is 14.5. The van der Waals surface area contributed by atoms with Gasteiger partial charge in [-0.05, 0) is 41.5 Å². The highest BCUT2D eigenvalue weighted by Gasteiger charge is 2.38. The van der Waals surface area contributed by atoms with Crippen LogP contribution in [0.15, 0.2) is 4.52 Å². The fourth-order valence-corrected chi connectivity index (χ4v) is 3.04. The lowest BCUT2D eigenvalue weighted by Crippen LogP contribution is -2.48. The van der Waals surface area contributed by atoms with Crippen molar-refractivity contribution in [1.82, 2.24) is 24.8 Å². The molecular weight excluding hydrogens is 294 g/mol. The Hall–Kier alpha value is -2.18. The second-order valence-electron chi connectivity index (χ2n) is 7.22. The van der Waals surface area contributed by atoms with E-state index in [1.165, 1.54) is 0 Å². The van der Waals surface area contributed by atoms with E-state index in [0.29, 0.717) is 30.4 Å². The maximum atomic E-state index is 12.8. The monoisotopic (exact) mass is 317 g/mol. The van der Waals surface area contributed by atoms with Gasteiger partial charge in [0.15, 0.2) is 5.82 Å². The molecule has 7 heteroatoms. The van der Waals surface area contributed by atoms with E-state index in [0.717, 1.165) is 11.4 Å². The van der Waals surface area contributed by atoms with Crippen LogP contribution in [0.25, 0.3) is 0 Å². The number of carbonyl (C=O) groups excluding carboxylic acids is 1. The Morgan fingerprint density at radius 2 is 1.87 bits per heavy atom. The second-order valence-corrected chi connectivity index (χ2v) is 7.22. The smallest absolute Gasteiger partial charge is 0.257 e. The average Bonchev–Trinajstić information content (AvgIpc) is 2.91. The van der Waals surface area contributed by atoms with Crippen LogP contribution >= 0.6 is 0 Å². The van der Waals surface area contributed by atoms with Crippen molar-refractivity contribution >= 4 is 5.91 Å². The number of aromatic nitrogens is 4. The first kappa shape index (κ1) is 15.7. The number of carbonyl (C=O) groups is 1. The number of likely N-dealkylation sites (tertiary alicyclic amines) is 1. The van der Waals surface area contributed by atoms with Gasteiger partial charge >= 0.3 is 0 Å². The van der Waals surface area contributed by atoms with Gasteiger partial charge in [0.2, 0.25) is 5.89 Å². The van der Waals surface area contributed by atoms with Gasteiger partial charge in [-0.1, -0.05) is 5.16 Å². The van der Waals surface area contributed by atoms with Crippen molar-refractivity contribution in [2.75, 3.05) is 13.1 Å². The summed E-state index contributed by atoms with van der Waals surface area (Å²) in [5, 5.41) is 8.36. The highest BCUT2D eigenvalue weighted by atomic mass is 16.5. The molecule has 0 aliphatic carbocycles. The van der Waals surface area contributed by atoms with Crippen molar-refractivity contribution in [2.45, 2.75) is 53.0 Å². The molecule has 0 saturated carbocycles. The lowest BCUT2D eigenvalue weighted by atomic mass is 9.98. The molecule has 1 aliphatic rings. The second kappa shape index (κ2) is 5.18. The van der Waals surface area contributed by atoms with Gasteiger partial charge in [-0.25, -0.2) is 0 Å². The molecular formula is C16H23N5O2. The molecule has 0 aromatic carbocycles. The van der Waals surface area contributed by atoms with Gasteiger partial charge in [-0.15, -0.1) is 0 Å². The zero-order chi connectivity index (χ0) is 16.9. The van der Waals surface area contributed by atoms with E-state index in [1.807, 2.05) is 23.4 Å². The van der Waals surface area contributed by atoms with E-state index in [4.69, 9.17) is 4.52 Å². The van der Waals surface area contributed by atoms with Crippen LogP contribution in [-0.4, -0.2) is 43.8 Å². The van der Waals surface area contributed by atoms with Gasteiger partial charge < -0.3 is 9.42 Å². The van der Waals surface area contributed by atoms with Gasteiger partial charge in [0.05, 0.1) is 22.7 Å². The molecule has 124 valence electrons. The summed E-state index contributed by atoms with van der Waals surface area (Å²) in [6, 6.07) is 0. The Labute approximate surface area is 135 Å². The van der Waals surface area contributed by atoms with Crippen LogP contribution in [-0.2, 0) is 5.54 Å². The molecule has 1 aliphatic heterocycles. The van der Waals surface area contributed by atoms with Gasteiger partial charge in [0.25, 0.3) is 5.91 Å². The largest absolute Gasteiger partial charge is 0.339 e. The molecule has 0 spiro atoms. The van der Waals surface area contributed by atoms with Crippen LogP contribution in [0.3, 0.4) is 0 Å². The first-order valence-corrected chi connectivity index (χ1v) is 7.84. The summed E-state index contributed by atoms with van der Waals surface area (Å²) in [7, 11) is 0. The first-order chi connectivity index (χ1) is 10.7. The molecule has 7 nitrogen and oxygen atoms in total. The van der Waals surface area contributed by atoms with Gasteiger partial charge in [0, 0.05) is 18.8 Å². The summed E-state index contributed by atoms with van der Waals surface area (Å²) in [5.74, 6) is 1.41. The predicted molar refractivity (Wildman–Crippen MR) is 84.4 cm³/mol. The molecule has 2 aromatic rings. The quantitative estimate of drug-likeness (QED) is 0.848. The summed E-state index contributed by atoms with van der Waals surface area (Å²) < 4.78 is 7.11. The van der Waals surface area contributed by atoms with Crippen LogP contribution in [0.2, 0.25) is 0 Å². The van der Waals surface area contributed by atoms with E-state index >= 15 is 0 Å². The Bertz CT molecular complexity index is 747. The summed E-state index contributed by atoms with van der Waals surface area (Å²) >= 11 is 0. The minimum Gasteiger partial charge on any atom is -0.339 e. The summed E-state index contributed by atoms with van der Waals surface area (Å²) in [5.41, 5.74) is 2.25. The molecule has 1 amide bonds. The molecule has 2 aromatic heterocycles. The van der Waals surface area contributed by atoms with Crippen molar-refractivity contribution in [2.24, 2.45) is 0 Å². The standard InChI is InChI=1S/C16H23N5O2/c1-9-13(10(2)21(18-9)16(4,5)6)15(22)20-7-12(8-20)14-17-11(3)19-23-14/h12H,7-8H2,1-6H3. The number of hydrogen-bond acceptors (Lipinski definition) is 5. The SMILES string of the molecule is Cc1noc(C2CN(C(=O)c3c(C)nn(C(C)(C)C)c3C)C2)n1. The van der Waals surface area contributed by atoms with E-state index < -0.39 is 0 Å². The minimum atomic E-state index is -0.147. The van der Waals surface area contributed by atoms with Crippen LogP contribution in [0.1, 0.15) is 60.2 Å². The zero-order valence-corrected chi connectivity index (χ0v) is 14.5. The average molecular weight is 317 g/mol. The number of rotatable bonds is 2. The predicted octanol–water partition coefficient (Wildman–Crippen LogP) is 2.19. The Kier molecular flexibility index (Phi) is 3.54. The minimum absolute atomic E-state index is 0.0305. The highest BCUT2D eigenvalue weighted by molar-refractivity contribution is 5.97. The molecule has 0 unspecified atom stereocenters. The number of aryl methyl sites for hydroxylation is 2. The number of amides is 1. The molecule has 1 fully saturated rings. The van der Waals surface area contributed by atoms with E-state index in [2.05, 4.69) is 36.0 Å².